The molecule has 2 aromatic rings. The van der Waals surface area contributed by atoms with Crippen molar-refractivity contribution >= 4 is 11.7 Å². The average Bonchev–Trinajstić information content (AvgIpc) is 3.47. The quantitative estimate of drug-likeness (QED) is 0.813. The van der Waals surface area contributed by atoms with Crippen molar-refractivity contribution in [3.05, 3.63) is 42.1 Å². The predicted molar refractivity (Wildman–Crippen MR) is 107 cm³/mol. The van der Waals surface area contributed by atoms with Crippen molar-refractivity contribution in [1.82, 2.24) is 10.3 Å². The van der Waals surface area contributed by atoms with Gasteiger partial charge in [0, 0.05) is 18.7 Å². The Bertz CT molecular complexity index is 958. The highest BCUT2D eigenvalue weighted by atomic mass is 19.1. The van der Waals surface area contributed by atoms with Gasteiger partial charge in [-0.05, 0) is 60.7 Å². The lowest BCUT2D eigenvalue weighted by atomic mass is 10.0. The van der Waals surface area contributed by atoms with Crippen molar-refractivity contribution in [3.63, 3.8) is 0 Å². The van der Waals surface area contributed by atoms with Gasteiger partial charge in [-0.3, -0.25) is 4.79 Å². The summed E-state index contributed by atoms with van der Waals surface area (Å²) < 4.78 is 19.8. The summed E-state index contributed by atoms with van der Waals surface area (Å²) in [5.41, 5.74) is 1.98. The number of nitrogens with zero attached hydrogens (tertiary/aromatic N) is 2. The third-order valence-electron chi connectivity index (χ3n) is 5.52. The number of hydrogen-bond acceptors (Lipinski definition) is 5. The predicted octanol–water partition coefficient (Wildman–Crippen LogP) is 3.29. The number of amides is 1. The number of halogens is 1. The molecule has 7 heteroatoms. The van der Waals surface area contributed by atoms with Gasteiger partial charge in [-0.15, -0.1) is 0 Å². The molecule has 1 aromatic carbocycles. The fourth-order valence-electron chi connectivity index (χ4n) is 3.58. The summed E-state index contributed by atoms with van der Waals surface area (Å²) in [5.74, 6) is 1.35. The molecule has 150 valence electrons. The van der Waals surface area contributed by atoms with Gasteiger partial charge in [0.1, 0.15) is 29.9 Å². The molecule has 1 aliphatic carbocycles. The van der Waals surface area contributed by atoms with Crippen LogP contribution in [0.3, 0.4) is 0 Å². The normalized spacial score (nSPS) is 25.7. The largest absolute Gasteiger partial charge is 0.486 e. The van der Waals surface area contributed by atoms with Crippen LogP contribution in [-0.2, 0) is 4.79 Å². The molecule has 1 aromatic heterocycles. The van der Waals surface area contributed by atoms with E-state index in [-0.39, 0.29) is 18.4 Å². The fourth-order valence-corrected chi connectivity index (χ4v) is 3.58. The van der Waals surface area contributed by atoms with Gasteiger partial charge in [0.2, 0.25) is 5.91 Å². The molecule has 2 aliphatic rings. The lowest BCUT2D eigenvalue weighted by Gasteiger charge is -2.27. The van der Waals surface area contributed by atoms with Crippen LogP contribution in [0, 0.1) is 23.2 Å². The Morgan fingerprint density at radius 2 is 2.14 bits per heavy atom. The first kappa shape index (κ1) is 19.3. The van der Waals surface area contributed by atoms with Gasteiger partial charge in [0.15, 0.2) is 0 Å². The van der Waals surface area contributed by atoms with E-state index in [1.807, 2.05) is 12.1 Å². The number of nitriles is 1. The van der Waals surface area contributed by atoms with Crippen molar-refractivity contribution in [2.75, 3.05) is 18.4 Å². The molecule has 29 heavy (non-hydrogen) atoms. The number of aromatic nitrogens is 1. The second-order valence-electron chi connectivity index (χ2n) is 7.73. The van der Waals surface area contributed by atoms with E-state index in [0.717, 1.165) is 17.5 Å². The van der Waals surface area contributed by atoms with Crippen LogP contribution in [-0.4, -0.2) is 36.3 Å². The van der Waals surface area contributed by atoms with Gasteiger partial charge in [-0.2, -0.15) is 5.26 Å². The highest BCUT2D eigenvalue weighted by Gasteiger charge is 2.39. The molecule has 1 aliphatic heterocycles. The van der Waals surface area contributed by atoms with E-state index in [2.05, 4.69) is 28.6 Å². The molecule has 4 rings (SSSR count). The summed E-state index contributed by atoms with van der Waals surface area (Å²) in [5, 5.41) is 15.4. The molecular formula is C22H23FN4O2. The maximum atomic E-state index is 14.0. The third kappa shape index (κ3) is 4.38. The number of anilines is 1. The Morgan fingerprint density at radius 1 is 1.34 bits per heavy atom. The van der Waals surface area contributed by atoms with E-state index in [9.17, 15) is 14.4 Å². The molecule has 1 saturated carbocycles. The van der Waals surface area contributed by atoms with Crippen molar-refractivity contribution in [2.45, 2.75) is 32.0 Å². The third-order valence-corrected chi connectivity index (χ3v) is 5.52. The van der Waals surface area contributed by atoms with Crippen LogP contribution in [0.2, 0.25) is 0 Å². The van der Waals surface area contributed by atoms with Crippen LogP contribution in [0.5, 0.6) is 5.75 Å². The van der Waals surface area contributed by atoms with Crippen LogP contribution in [0.25, 0.3) is 11.1 Å². The maximum absolute atomic E-state index is 14.0. The Morgan fingerprint density at radius 3 is 2.86 bits per heavy atom. The zero-order chi connectivity index (χ0) is 20.4. The van der Waals surface area contributed by atoms with E-state index < -0.39 is 12.3 Å². The topological polar surface area (TPSA) is 87.0 Å². The van der Waals surface area contributed by atoms with Gasteiger partial charge in [0.25, 0.3) is 0 Å². The summed E-state index contributed by atoms with van der Waals surface area (Å²) in [4.78, 5) is 16.4. The smallest absolute Gasteiger partial charge is 0.228 e. The first-order chi connectivity index (χ1) is 14.0. The molecule has 0 radical (unpaired) electrons. The monoisotopic (exact) mass is 394 g/mol. The second-order valence-corrected chi connectivity index (χ2v) is 7.73. The first-order valence-corrected chi connectivity index (χ1v) is 9.88. The molecule has 2 heterocycles. The van der Waals surface area contributed by atoms with E-state index in [1.165, 1.54) is 0 Å². The molecule has 4 atom stereocenters. The van der Waals surface area contributed by atoms with E-state index in [0.29, 0.717) is 36.0 Å². The van der Waals surface area contributed by atoms with Gasteiger partial charge >= 0.3 is 0 Å². The number of hydrogen-bond donors (Lipinski definition) is 2. The molecule has 2 N–H and O–H groups in total. The molecule has 2 fully saturated rings. The standard InChI is InChI=1S/C22H23FN4O2/c1-13-8-17(13)22(28)27-21-10-15(4-7-26-21)14-2-3-19(16(9-14)11-24)29-20-5-6-25-12-18(20)23/h2-4,7,9-10,13,17-18,20,25H,5-6,8,12H2,1H3,(H,26,27,28)/t13?,17?,18-,20+/m1/s1. The molecule has 0 bridgehead atoms. The molecule has 6 nitrogen and oxygen atoms in total. The Hall–Kier alpha value is -2.98. The summed E-state index contributed by atoms with van der Waals surface area (Å²) in [6.07, 6.45) is 1.44. The minimum Gasteiger partial charge on any atom is -0.486 e. The summed E-state index contributed by atoms with van der Waals surface area (Å²) >= 11 is 0. The van der Waals surface area contributed by atoms with Crippen LogP contribution in [0.15, 0.2) is 36.5 Å². The van der Waals surface area contributed by atoms with Gasteiger partial charge in [-0.25, -0.2) is 9.37 Å². The minimum absolute atomic E-state index is 0.00800. The number of benzene rings is 1. The molecule has 1 saturated heterocycles. The number of ether oxygens (including phenoxy) is 1. The minimum atomic E-state index is -1.10. The summed E-state index contributed by atoms with van der Waals surface area (Å²) in [6, 6.07) is 11.0. The van der Waals surface area contributed by atoms with Crippen molar-refractivity contribution < 1.29 is 13.9 Å². The molecule has 0 spiro atoms. The Kier molecular flexibility index (Phi) is 5.45. The number of piperidine rings is 1. The number of rotatable bonds is 5. The number of carbonyl (C=O) groups is 1. The lowest BCUT2D eigenvalue weighted by Crippen LogP contribution is -2.44. The highest BCUT2D eigenvalue weighted by Crippen LogP contribution is 2.38. The number of nitrogens with one attached hydrogen (secondary N) is 2. The SMILES string of the molecule is CC1CC1C(=O)Nc1cc(-c2ccc(O[C@H]3CCNC[C@H]3F)c(C#N)c2)ccn1. The van der Waals surface area contributed by atoms with Gasteiger partial charge < -0.3 is 15.4 Å². The van der Waals surface area contributed by atoms with Crippen molar-refractivity contribution in [2.24, 2.45) is 11.8 Å². The van der Waals surface area contributed by atoms with E-state index >= 15 is 0 Å². The fraction of sp³-hybridized carbons (Fsp3) is 0.409. The Labute approximate surface area is 169 Å². The van der Waals surface area contributed by atoms with Crippen molar-refractivity contribution in [1.29, 1.82) is 5.26 Å². The number of alkyl halides is 1. The van der Waals surface area contributed by atoms with Crippen LogP contribution in [0.1, 0.15) is 25.3 Å². The Balaban J connectivity index is 1.52. The number of carbonyl (C=O) groups excluding carboxylic acids is 1. The van der Waals surface area contributed by atoms with E-state index in [1.54, 1.807) is 24.4 Å². The van der Waals surface area contributed by atoms with Crippen LogP contribution < -0.4 is 15.4 Å². The second kappa shape index (κ2) is 8.18. The number of pyridine rings is 1. The average molecular weight is 394 g/mol. The highest BCUT2D eigenvalue weighted by molar-refractivity contribution is 5.94. The summed E-state index contributed by atoms with van der Waals surface area (Å²) in [6.45, 7) is 3.00. The van der Waals surface area contributed by atoms with Gasteiger partial charge in [-0.1, -0.05) is 13.0 Å². The lowest BCUT2D eigenvalue weighted by molar-refractivity contribution is -0.117. The first-order valence-electron chi connectivity index (χ1n) is 9.88. The molecule has 1 amide bonds. The van der Waals surface area contributed by atoms with Crippen LogP contribution in [0.4, 0.5) is 10.2 Å². The van der Waals surface area contributed by atoms with Crippen molar-refractivity contribution in [3.8, 4) is 22.9 Å². The van der Waals surface area contributed by atoms with Crippen LogP contribution >= 0.6 is 0 Å². The van der Waals surface area contributed by atoms with Gasteiger partial charge in [0.05, 0.1) is 5.56 Å². The maximum Gasteiger partial charge on any atom is 0.228 e. The zero-order valence-corrected chi connectivity index (χ0v) is 16.2. The molecule has 2 unspecified atom stereocenters. The zero-order valence-electron chi connectivity index (χ0n) is 16.2. The van der Waals surface area contributed by atoms with E-state index in [4.69, 9.17) is 4.74 Å². The summed E-state index contributed by atoms with van der Waals surface area (Å²) in [7, 11) is 0. The molecular weight excluding hydrogens is 371 g/mol.